The van der Waals surface area contributed by atoms with Gasteiger partial charge in [-0.05, 0) is 43.5 Å². The first-order valence-electron chi connectivity index (χ1n) is 6.71. The lowest BCUT2D eigenvalue weighted by Gasteiger charge is -2.14. The molecule has 0 aliphatic rings. The van der Waals surface area contributed by atoms with Crippen molar-refractivity contribution in [3.8, 4) is 5.75 Å². The first kappa shape index (κ1) is 14.5. The van der Waals surface area contributed by atoms with E-state index in [0.717, 1.165) is 11.1 Å². The number of benzene rings is 2. The van der Waals surface area contributed by atoms with Crippen molar-refractivity contribution in [3.63, 3.8) is 0 Å². The minimum absolute atomic E-state index is 0.189. The molecule has 0 heterocycles. The summed E-state index contributed by atoms with van der Waals surface area (Å²) in [5, 5.41) is 0. The summed E-state index contributed by atoms with van der Waals surface area (Å²) < 4.78 is 19.1. The molecule has 3 heteroatoms. The Morgan fingerprint density at radius 2 is 1.85 bits per heavy atom. The highest BCUT2D eigenvalue weighted by Gasteiger charge is 2.09. The molecule has 0 aliphatic heterocycles. The molecule has 0 aromatic heterocycles. The minimum atomic E-state index is -0.315. The van der Waals surface area contributed by atoms with E-state index in [2.05, 4.69) is 26.0 Å². The van der Waals surface area contributed by atoms with E-state index in [1.165, 1.54) is 23.3 Å². The summed E-state index contributed by atoms with van der Waals surface area (Å²) in [7, 11) is 0. The molecule has 0 saturated heterocycles. The number of hydrogen-bond acceptors (Lipinski definition) is 2. The number of hydrogen-bond donors (Lipinski definition) is 1. The lowest BCUT2D eigenvalue weighted by atomic mass is 10.1. The Hall–Kier alpha value is -1.87. The van der Waals surface area contributed by atoms with Gasteiger partial charge in [-0.25, -0.2) is 4.39 Å². The van der Waals surface area contributed by atoms with Gasteiger partial charge in [-0.1, -0.05) is 24.3 Å². The van der Waals surface area contributed by atoms with E-state index in [1.54, 1.807) is 6.07 Å². The number of halogens is 1. The third kappa shape index (κ3) is 3.36. The van der Waals surface area contributed by atoms with Gasteiger partial charge in [0.25, 0.3) is 0 Å². The van der Waals surface area contributed by atoms with E-state index in [9.17, 15) is 4.39 Å². The molecule has 2 aromatic rings. The Labute approximate surface area is 119 Å². The van der Waals surface area contributed by atoms with Crippen LogP contribution in [0.2, 0.25) is 0 Å². The second kappa shape index (κ2) is 6.06. The van der Waals surface area contributed by atoms with E-state index in [1.807, 2.05) is 13.0 Å². The molecule has 0 amide bonds. The third-order valence-corrected chi connectivity index (χ3v) is 3.43. The van der Waals surface area contributed by atoms with Crippen LogP contribution in [0.3, 0.4) is 0 Å². The highest BCUT2D eigenvalue weighted by molar-refractivity contribution is 5.37. The van der Waals surface area contributed by atoms with Crippen LogP contribution in [0.25, 0.3) is 0 Å². The van der Waals surface area contributed by atoms with Crippen molar-refractivity contribution in [3.05, 3.63) is 64.5 Å². The molecule has 106 valence electrons. The van der Waals surface area contributed by atoms with Gasteiger partial charge in [-0.2, -0.15) is 0 Å². The Morgan fingerprint density at radius 3 is 2.50 bits per heavy atom. The van der Waals surface area contributed by atoms with E-state index >= 15 is 0 Å². The zero-order valence-electron chi connectivity index (χ0n) is 12.1. The largest absolute Gasteiger partial charge is 0.488 e. The summed E-state index contributed by atoms with van der Waals surface area (Å²) in [6.07, 6.45) is 0. The standard InChI is InChI=1S/C17H20FNO/c1-11-4-5-14(8-12(11)2)10-20-17-9-15(18)6-7-16(17)13(3)19/h4-9,13H,10,19H2,1-3H3/t13-/m1/s1. The van der Waals surface area contributed by atoms with Crippen molar-refractivity contribution in [2.24, 2.45) is 5.73 Å². The molecule has 0 radical (unpaired) electrons. The summed E-state index contributed by atoms with van der Waals surface area (Å²) >= 11 is 0. The number of ether oxygens (including phenoxy) is 1. The molecule has 0 aliphatic carbocycles. The zero-order valence-corrected chi connectivity index (χ0v) is 12.1. The number of aryl methyl sites for hydroxylation is 2. The summed E-state index contributed by atoms with van der Waals surface area (Å²) in [6.45, 7) is 6.40. The lowest BCUT2D eigenvalue weighted by Crippen LogP contribution is -2.08. The summed E-state index contributed by atoms with van der Waals surface area (Å²) in [4.78, 5) is 0. The van der Waals surface area contributed by atoms with Crippen molar-refractivity contribution in [1.82, 2.24) is 0 Å². The first-order valence-corrected chi connectivity index (χ1v) is 6.71. The van der Waals surface area contributed by atoms with E-state index in [0.29, 0.717) is 12.4 Å². The average molecular weight is 273 g/mol. The summed E-state index contributed by atoms with van der Waals surface area (Å²) in [6, 6.07) is 10.4. The van der Waals surface area contributed by atoms with Crippen molar-refractivity contribution in [1.29, 1.82) is 0 Å². The predicted octanol–water partition coefficient (Wildman–Crippen LogP) is 4.04. The zero-order chi connectivity index (χ0) is 14.7. The molecule has 2 nitrogen and oxygen atoms in total. The second-order valence-electron chi connectivity index (χ2n) is 5.18. The Morgan fingerprint density at radius 1 is 1.10 bits per heavy atom. The molecule has 1 atom stereocenters. The van der Waals surface area contributed by atoms with Crippen LogP contribution in [0.5, 0.6) is 5.75 Å². The Bertz CT molecular complexity index is 608. The maximum Gasteiger partial charge on any atom is 0.127 e. The van der Waals surface area contributed by atoms with Gasteiger partial charge in [0, 0.05) is 17.7 Å². The van der Waals surface area contributed by atoms with Gasteiger partial charge in [0.1, 0.15) is 18.2 Å². The van der Waals surface area contributed by atoms with Gasteiger partial charge in [0.05, 0.1) is 0 Å². The summed E-state index contributed by atoms with van der Waals surface area (Å²) in [5.74, 6) is 0.197. The molecule has 2 N–H and O–H groups in total. The Kier molecular flexibility index (Phi) is 4.40. The predicted molar refractivity (Wildman–Crippen MR) is 79.3 cm³/mol. The van der Waals surface area contributed by atoms with Crippen LogP contribution in [0.4, 0.5) is 4.39 Å². The normalized spacial score (nSPS) is 12.2. The molecular formula is C17H20FNO. The average Bonchev–Trinajstić information content (AvgIpc) is 2.40. The number of rotatable bonds is 4. The SMILES string of the molecule is Cc1ccc(COc2cc(F)ccc2[C@@H](C)N)cc1C. The highest BCUT2D eigenvalue weighted by Crippen LogP contribution is 2.26. The fourth-order valence-corrected chi connectivity index (χ4v) is 2.06. The summed E-state index contributed by atoms with van der Waals surface area (Å²) in [5.41, 5.74) is 10.2. The fraction of sp³-hybridized carbons (Fsp3) is 0.294. The van der Waals surface area contributed by atoms with Gasteiger partial charge in [0.15, 0.2) is 0 Å². The molecule has 0 unspecified atom stereocenters. The Balaban J connectivity index is 2.17. The van der Waals surface area contributed by atoms with Crippen molar-refractivity contribution < 1.29 is 9.13 Å². The van der Waals surface area contributed by atoms with Crippen molar-refractivity contribution in [2.45, 2.75) is 33.4 Å². The second-order valence-corrected chi connectivity index (χ2v) is 5.18. The van der Waals surface area contributed by atoms with Crippen LogP contribution in [0.1, 0.15) is 35.2 Å². The molecular weight excluding hydrogens is 253 g/mol. The highest BCUT2D eigenvalue weighted by atomic mass is 19.1. The van der Waals surface area contributed by atoms with Crippen LogP contribution < -0.4 is 10.5 Å². The van der Waals surface area contributed by atoms with Gasteiger partial charge in [-0.3, -0.25) is 0 Å². The molecule has 2 aromatic carbocycles. The van der Waals surface area contributed by atoms with Gasteiger partial charge in [-0.15, -0.1) is 0 Å². The molecule has 0 spiro atoms. The minimum Gasteiger partial charge on any atom is -0.488 e. The quantitative estimate of drug-likeness (QED) is 0.912. The molecule has 20 heavy (non-hydrogen) atoms. The van der Waals surface area contributed by atoms with Crippen LogP contribution in [0.15, 0.2) is 36.4 Å². The van der Waals surface area contributed by atoms with Crippen LogP contribution in [0, 0.1) is 19.7 Å². The molecule has 0 fully saturated rings. The van der Waals surface area contributed by atoms with Crippen molar-refractivity contribution >= 4 is 0 Å². The molecule has 0 saturated carbocycles. The van der Waals surface area contributed by atoms with Gasteiger partial charge in [0.2, 0.25) is 0 Å². The fourth-order valence-electron chi connectivity index (χ4n) is 2.06. The molecule has 0 bridgehead atoms. The number of nitrogens with two attached hydrogens (primary N) is 1. The lowest BCUT2D eigenvalue weighted by molar-refractivity contribution is 0.299. The smallest absolute Gasteiger partial charge is 0.127 e. The van der Waals surface area contributed by atoms with Crippen LogP contribution in [-0.4, -0.2) is 0 Å². The van der Waals surface area contributed by atoms with Crippen LogP contribution in [-0.2, 0) is 6.61 Å². The molecule has 2 rings (SSSR count). The van der Waals surface area contributed by atoms with E-state index in [-0.39, 0.29) is 11.9 Å². The van der Waals surface area contributed by atoms with E-state index < -0.39 is 0 Å². The third-order valence-electron chi connectivity index (χ3n) is 3.43. The van der Waals surface area contributed by atoms with Gasteiger partial charge >= 0.3 is 0 Å². The topological polar surface area (TPSA) is 35.2 Å². The van der Waals surface area contributed by atoms with Crippen LogP contribution >= 0.6 is 0 Å². The maximum absolute atomic E-state index is 13.3. The first-order chi connectivity index (χ1) is 9.47. The van der Waals surface area contributed by atoms with Gasteiger partial charge < -0.3 is 10.5 Å². The maximum atomic E-state index is 13.3. The van der Waals surface area contributed by atoms with E-state index in [4.69, 9.17) is 10.5 Å². The monoisotopic (exact) mass is 273 g/mol. The van der Waals surface area contributed by atoms with Crippen molar-refractivity contribution in [2.75, 3.05) is 0 Å².